The van der Waals surface area contributed by atoms with Crippen molar-refractivity contribution in [2.45, 2.75) is 13.0 Å². The summed E-state index contributed by atoms with van der Waals surface area (Å²) in [6, 6.07) is 6.17. The van der Waals surface area contributed by atoms with Crippen LogP contribution in [0.4, 0.5) is 20.2 Å². The quantitative estimate of drug-likeness (QED) is 0.554. The van der Waals surface area contributed by atoms with E-state index in [1.54, 1.807) is 6.92 Å². The Morgan fingerprint density at radius 1 is 1.10 bits per heavy atom. The number of nitro groups is 1. The van der Waals surface area contributed by atoms with Gasteiger partial charge in [-0.2, -0.15) is 0 Å². The van der Waals surface area contributed by atoms with E-state index in [-0.39, 0.29) is 22.0 Å². The number of halogens is 3. The lowest BCUT2D eigenvalue weighted by molar-refractivity contribution is -0.384. The van der Waals surface area contributed by atoms with Gasteiger partial charge in [-0.3, -0.25) is 24.6 Å². The van der Waals surface area contributed by atoms with Gasteiger partial charge in [0.2, 0.25) is 5.91 Å². The molecule has 2 amide bonds. The Balaban J connectivity index is 1.59. The third-order valence-corrected chi connectivity index (χ3v) is 5.44. The van der Waals surface area contributed by atoms with Crippen molar-refractivity contribution in [2.75, 3.05) is 31.5 Å². The van der Waals surface area contributed by atoms with Crippen LogP contribution in [0.1, 0.15) is 17.3 Å². The molecule has 0 bridgehead atoms. The summed E-state index contributed by atoms with van der Waals surface area (Å²) in [7, 11) is 0. The predicted octanol–water partition coefficient (Wildman–Crippen LogP) is 3.31. The van der Waals surface area contributed by atoms with Crippen molar-refractivity contribution >= 4 is 34.8 Å². The molecule has 164 valence electrons. The van der Waals surface area contributed by atoms with Crippen LogP contribution in [0.5, 0.6) is 0 Å². The lowest BCUT2D eigenvalue weighted by atomic mass is 10.1. The Labute approximate surface area is 181 Å². The minimum absolute atomic E-state index is 0.0541. The molecule has 1 aliphatic rings. The minimum atomic E-state index is -1.09. The van der Waals surface area contributed by atoms with E-state index in [1.807, 2.05) is 4.90 Å². The lowest BCUT2D eigenvalue weighted by Gasteiger charge is -2.37. The summed E-state index contributed by atoms with van der Waals surface area (Å²) < 4.78 is 26.5. The summed E-state index contributed by atoms with van der Waals surface area (Å²) >= 11 is 6.02. The first-order valence-electron chi connectivity index (χ1n) is 9.40. The third kappa shape index (κ3) is 5.15. The van der Waals surface area contributed by atoms with Crippen LogP contribution in [0.25, 0.3) is 0 Å². The molecule has 8 nitrogen and oxygen atoms in total. The van der Waals surface area contributed by atoms with Crippen molar-refractivity contribution in [3.05, 3.63) is 68.7 Å². The fourth-order valence-corrected chi connectivity index (χ4v) is 3.41. The first-order valence-corrected chi connectivity index (χ1v) is 9.78. The van der Waals surface area contributed by atoms with Crippen LogP contribution in [-0.2, 0) is 4.79 Å². The Hall–Kier alpha value is -3.11. The molecular formula is C20H19ClF2N4O4. The van der Waals surface area contributed by atoms with E-state index in [0.717, 1.165) is 12.1 Å². The van der Waals surface area contributed by atoms with Crippen LogP contribution >= 0.6 is 11.6 Å². The molecule has 1 atom stereocenters. The number of hydrogen-bond acceptors (Lipinski definition) is 5. The van der Waals surface area contributed by atoms with Crippen molar-refractivity contribution in [1.82, 2.24) is 9.80 Å². The Bertz CT molecular complexity index is 1030. The molecule has 11 heteroatoms. The predicted molar refractivity (Wildman–Crippen MR) is 110 cm³/mol. The largest absolute Gasteiger partial charge is 0.336 e. The molecule has 1 unspecified atom stereocenters. The summed E-state index contributed by atoms with van der Waals surface area (Å²) in [5.41, 5.74) is -0.00460. The minimum Gasteiger partial charge on any atom is -0.336 e. The number of hydrogen-bond donors (Lipinski definition) is 1. The molecule has 0 aromatic heterocycles. The summed E-state index contributed by atoms with van der Waals surface area (Å²) in [6.45, 7) is 3.03. The summed E-state index contributed by atoms with van der Waals surface area (Å²) in [4.78, 5) is 38.8. The molecule has 0 aliphatic carbocycles. The van der Waals surface area contributed by atoms with Gasteiger partial charge in [-0.05, 0) is 31.2 Å². The summed E-state index contributed by atoms with van der Waals surface area (Å²) in [5, 5.41) is 13.7. The molecule has 1 aliphatic heterocycles. The van der Waals surface area contributed by atoms with Crippen LogP contribution in [0.3, 0.4) is 0 Å². The maximum Gasteiger partial charge on any atom is 0.271 e. The first-order chi connectivity index (χ1) is 14.7. The van der Waals surface area contributed by atoms with Crippen molar-refractivity contribution in [3.63, 3.8) is 0 Å². The van der Waals surface area contributed by atoms with E-state index in [0.29, 0.717) is 26.2 Å². The number of piperazine rings is 1. The second-order valence-corrected chi connectivity index (χ2v) is 7.45. The number of carbonyl (C=O) groups excluding carboxylic acids is 2. The van der Waals surface area contributed by atoms with Crippen molar-refractivity contribution in [2.24, 2.45) is 0 Å². The normalized spacial score (nSPS) is 15.4. The highest BCUT2D eigenvalue weighted by Crippen LogP contribution is 2.27. The van der Waals surface area contributed by atoms with E-state index < -0.39 is 34.4 Å². The van der Waals surface area contributed by atoms with Crippen molar-refractivity contribution in [1.29, 1.82) is 0 Å². The maximum atomic E-state index is 13.4. The number of nitro benzene ring substituents is 1. The van der Waals surface area contributed by atoms with Gasteiger partial charge in [0, 0.05) is 43.9 Å². The van der Waals surface area contributed by atoms with Crippen molar-refractivity contribution < 1.29 is 23.3 Å². The zero-order valence-corrected chi connectivity index (χ0v) is 17.2. The van der Waals surface area contributed by atoms with Gasteiger partial charge in [-0.25, -0.2) is 8.78 Å². The van der Waals surface area contributed by atoms with E-state index >= 15 is 0 Å². The maximum absolute atomic E-state index is 13.4. The molecule has 31 heavy (non-hydrogen) atoms. The molecule has 3 rings (SSSR count). The smallest absolute Gasteiger partial charge is 0.271 e. The number of amides is 2. The van der Waals surface area contributed by atoms with E-state index in [1.165, 1.54) is 29.2 Å². The second kappa shape index (κ2) is 9.36. The number of anilines is 1. The highest BCUT2D eigenvalue weighted by molar-refractivity contribution is 6.33. The summed E-state index contributed by atoms with van der Waals surface area (Å²) in [6.07, 6.45) is 0. The fourth-order valence-electron chi connectivity index (χ4n) is 3.25. The highest BCUT2D eigenvalue weighted by atomic mass is 35.5. The number of nitrogens with one attached hydrogen (secondary N) is 1. The molecule has 1 saturated heterocycles. The second-order valence-electron chi connectivity index (χ2n) is 7.04. The van der Waals surface area contributed by atoms with Gasteiger partial charge in [0.05, 0.1) is 21.7 Å². The van der Waals surface area contributed by atoms with Crippen LogP contribution in [0.2, 0.25) is 5.02 Å². The molecular weight excluding hydrogens is 434 g/mol. The van der Waals surface area contributed by atoms with Gasteiger partial charge >= 0.3 is 0 Å². The highest BCUT2D eigenvalue weighted by Gasteiger charge is 2.28. The Kier molecular flexibility index (Phi) is 6.81. The average molecular weight is 453 g/mol. The van der Waals surface area contributed by atoms with E-state index in [4.69, 9.17) is 11.6 Å². The number of nitrogens with zero attached hydrogens (tertiary/aromatic N) is 3. The molecule has 2 aromatic rings. The zero-order valence-electron chi connectivity index (χ0n) is 16.5. The number of rotatable bonds is 5. The molecule has 2 aromatic carbocycles. The Morgan fingerprint density at radius 3 is 2.39 bits per heavy atom. The number of non-ortho nitro benzene ring substituents is 1. The van der Waals surface area contributed by atoms with Crippen molar-refractivity contribution in [3.8, 4) is 0 Å². The first kappa shape index (κ1) is 22.6. The lowest BCUT2D eigenvalue weighted by Crippen LogP contribution is -2.54. The third-order valence-electron chi connectivity index (χ3n) is 5.11. The Morgan fingerprint density at radius 2 is 1.77 bits per heavy atom. The fraction of sp³-hybridized carbons (Fsp3) is 0.300. The number of benzene rings is 2. The molecule has 0 spiro atoms. The van der Waals surface area contributed by atoms with Crippen LogP contribution in [-0.4, -0.2) is 58.8 Å². The van der Waals surface area contributed by atoms with Crippen LogP contribution in [0, 0.1) is 21.7 Å². The summed E-state index contributed by atoms with van der Waals surface area (Å²) in [5.74, 6) is -2.93. The molecule has 0 radical (unpaired) electrons. The molecule has 0 saturated carbocycles. The topological polar surface area (TPSA) is 95.8 Å². The van der Waals surface area contributed by atoms with Gasteiger partial charge in [0.25, 0.3) is 11.6 Å². The van der Waals surface area contributed by atoms with Gasteiger partial charge in [0.15, 0.2) is 11.6 Å². The van der Waals surface area contributed by atoms with Gasteiger partial charge in [0.1, 0.15) is 0 Å². The average Bonchev–Trinajstić information content (AvgIpc) is 2.76. The monoisotopic (exact) mass is 452 g/mol. The number of carbonyl (C=O) groups is 2. The van der Waals surface area contributed by atoms with E-state index in [9.17, 15) is 28.5 Å². The zero-order chi connectivity index (χ0) is 22.7. The van der Waals surface area contributed by atoms with E-state index in [2.05, 4.69) is 5.32 Å². The molecule has 1 fully saturated rings. The van der Waals surface area contributed by atoms with Gasteiger partial charge in [-0.15, -0.1) is 0 Å². The van der Waals surface area contributed by atoms with Gasteiger partial charge in [-0.1, -0.05) is 11.6 Å². The molecule has 1 heterocycles. The van der Waals surface area contributed by atoms with Crippen LogP contribution in [0.15, 0.2) is 36.4 Å². The standard InChI is InChI=1S/C20H19ClF2N4O4/c1-12(19(28)24-18-11-14(27(30)31)3-4-15(18)21)25-6-8-26(9-7-25)20(29)13-2-5-16(22)17(23)10-13/h2-5,10-12H,6-9H2,1H3,(H,24,28). The van der Waals surface area contributed by atoms with Crippen LogP contribution < -0.4 is 5.32 Å². The van der Waals surface area contributed by atoms with Gasteiger partial charge < -0.3 is 10.2 Å². The molecule has 1 N–H and O–H groups in total. The SMILES string of the molecule is CC(C(=O)Nc1cc([N+](=O)[O-])ccc1Cl)N1CCN(C(=O)c2ccc(F)c(F)c2)CC1.